The van der Waals surface area contributed by atoms with Crippen LogP contribution < -0.4 is 5.43 Å². The van der Waals surface area contributed by atoms with E-state index >= 15 is 0 Å². The molecule has 0 spiro atoms. The summed E-state index contributed by atoms with van der Waals surface area (Å²) < 4.78 is 95.8. The van der Waals surface area contributed by atoms with Crippen molar-refractivity contribution in [2.45, 2.75) is 25.7 Å². The third kappa shape index (κ3) is 6.14. The van der Waals surface area contributed by atoms with Crippen molar-refractivity contribution < 1.29 is 40.3 Å². The number of benzene rings is 1. The SMILES string of the molecule is CCOC(=O)Cc1csc(NN=Cc2c(F)cc(C(F)(F)F)cc2C(F)(F)F)n1. The summed E-state index contributed by atoms with van der Waals surface area (Å²) in [6.45, 7) is 1.80. The molecule has 0 atom stereocenters. The Morgan fingerprint density at radius 3 is 2.52 bits per heavy atom. The van der Waals surface area contributed by atoms with Gasteiger partial charge in [-0.2, -0.15) is 31.4 Å². The van der Waals surface area contributed by atoms with Crippen molar-refractivity contribution >= 4 is 28.7 Å². The van der Waals surface area contributed by atoms with E-state index in [4.69, 9.17) is 4.74 Å². The van der Waals surface area contributed by atoms with Crippen LogP contribution in [-0.4, -0.2) is 23.8 Å². The van der Waals surface area contributed by atoms with Crippen LogP contribution in [0.5, 0.6) is 0 Å². The molecule has 0 amide bonds. The highest BCUT2D eigenvalue weighted by atomic mass is 32.1. The van der Waals surface area contributed by atoms with Gasteiger partial charge in [0.25, 0.3) is 0 Å². The maximum absolute atomic E-state index is 13.9. The summed E-state index contributed by atoms with van der Waals surface area (Å²) >= 11 is 0.956. The van der Waals surface area contributed by atoms with Gasteiger partial charge in [-0.15, -0.1) is 11.3 Å². The van der Waals surface area contributed by atoms with Gasteiger partial charge in [0.2, 0.25) is 5.13 Å². The number of hydrogen-bond donors (Lipinski definition) is 1. The minimum Gasteiger partial charge on any atom is -0.466 e. The van der Waals surface area contributed by atoms with Gasteiger partial charge in [0.05, 0.1) is 36.1 Å². The van der Waals surface area contributed by atoms with E-state index in [1.165, 1.54) is 5.38 Å². The Labute approximate surface area is 163 Å². The molecule has 29 heavy (non-hydrogen) atoms. The van der Waals surface area contributed by atoms with E-state index in [9.17, 15) is 35.5 Å². The number of ether oxygens (including phenoxy) is 1. The lowest BCUT2D eigenvalue weighted by molar-refractivity contribution is -0.144. The van der Waals surface area contributed by atoms with Crippen LogP contribution in [0.4, 0.5) is 35.9 Å². The maximum atomic E-state index is 13.9. The van der Waals surface area contributed by atoms with Crippen molar-refractivity contribution in [2.24, 2.45) is 5.10 Å². The smallest absolute Gasteiger partial charge is 0.417 e. The number of esters is 1. The van der Waals surface area contributed by atoms with Gasteiger partial charge in [0.1, 0.15) is 5.82 Å². The van der Waals surface area contributed by atoms with Crippen LogP contribution in [0, 0.1) is 5.82 Å². The lowest BCUT2D eigenvalue weighted by atomic mass is 10.0. The van der Waals surface area contributed by atoms with Gasteiger partial charge in [-0.1, -0.05) is 0 Å². The van der Waals surface area contributed by atoms with Gasteiger partial charge in [-0.25, -0.2) is 9.37 Å². The molecular weight excluding hydrogens is 431 g/mol. The average Bonchev–Trinajstić information content (AvgIpc) is 3.01. The number of carbonyl (C=O) groups excluding carboxylic acids is 1. The van der Waals surface area contributed by atoms with Crippen LogP contribution >= 0.6 is 11.3 Å². The third-order valence-corrected chi connectivity index (χ3v) is 4.09. The number of alkyl halides is 6. The van der Waals surface area contributed by atoms with Crippen molar-refractivity contribution in [3.63, 3.8) is 0 Å². The van der Waals surface area contributed by atoms with Gasteiger partial charge in [-0.3, -0.25) is 10.2 Å². The van der Waals surface area contributed by atoms with Crippen LogP contribution in [0.15, 0.2) is 22.6 Å². The average molecular weight is 443 g/mol. The second-order valence-corrected chi connectivity index (χ2v) is 6.27. The first-order valence-corrected chi connectivity index (χ1v) is 8.66. The normalized spacial score (nSPS) is 12.4. The molecule has 0 saturated heterocycles. The van der Waals surface area contributed by atoms with E-state index in [1.807, 2.05) is 0 Å². The maximum Gasteiger partial charge on any atom is 0.417 e. The number of nitrogens with one attached hydrogen (secondary N) is 1. The van der Waals surface area contributed by atoms with Crippen LogP contribution in [0.1, 0.15) is 29.3 Å². The highest BCUT2D eigenvalue weighted by Gasteiger charge is 2.39. The second kappa shape index (κ2) is 8.76. The summed E-state index contributed by atoms with van der Waals surface area (Å²) in [5.74, 6) is -2.27. The summed E-state index contributed by atoms with van der Waals surface area (Å²) in [6.07, 6.45) is -10.1. The number of hydrazone groups is 1. The fourth-order valence-corrected chi connectivity index (χ4v) is 2.76. The number of aromatic nitrogens is 1. The van der Waals surface area contributed by atoms with Crippen molar-refractivity contribution in [2.75, 3.05) is 12.0 Å². The number of hydrogen-bond acceptors (Lipinski definition) is 6. The molecule has 2 rings (SSSR count). The van der Waals surface area contributed by atoms with Crippen LogP contribution in [0.3, 0.4) is 0 Å². The first-order chi connectivity index (χ1) is 13.4. The number of nitrogens with zero attached hydrogens (tertiary/aromatic N) is 2. The summed E-state index contributed by atoms with van der Waals surface area (Å²) in [6, 6.07) is -0.233. The zero-order valence-electron chi connectivity index (χ0n) is 14.5. The summed E-state index contributed by atoms with van der Waals surface area (Å²) in [5, 5.41) is 4.94. The minimum absolute atomic E-state index is 0.0442. The summed E-state index contributed by atoms with van der Waals surface area (Å²) in [5.41, 5.74) is -2.21. The number of carbonyl (C=O) groups is 1. The van der Waals surface area contributed by atoms with Gasteiger partial charge in [-0.05, 0) is 19.1 Å². The topological polar surface area (TPSA) is 63.6 Å². The lowest BCUT2D eigenvalue weighted by Gasteiger charge is -2.14. The van der Waals surface area contributed by atoms with Crippen molar-refractivity contribution in [1.29, 1.82) is 0 Å². The molecule has 0 saturated carbocycles. The number of anilines is 1. The van der Waals surface area contributed by atoms with Gasteiger partial charge >= 0.3 is 18.3 Å². The standard InChI is InChI=1S/C16H12F7N3O2S/c1-2-28-13(27)5-9-7-29-14(25-9)26-24-6-10-11(16(21,22)23)3-8(4-12(10)17)15(18,19)20/h3-4,6-7H,2,5H2,1H3,(H,25,26). The van der Waals surface area contributed by atoms with E-state index < -0.39 is 40.8 Å². The van der Waals surface area contributed by atoms with Gasteiger partial charge < -0.3 is 4.74 Å². The highest BCUT2D eigenvalue weighted by molar-refractivity contribution is 7.13. The van der Waals surface area contributed by atoms with E-state index in [1.54, 1.807) is 6.92 Å². The number of halogens is 7. The lowest BCUT2D eigenvalue weighted by Crippen LogP contribution is -2.15. The highest BCUT2D eigenvalue weighted by Crippen LogP contribution is 2.38. The molecule has 5 nitrogen and oxygen atoms in total. The van der Waals surface area contributed by atoms with Gasteiger partial charge in [0.15, 0.2) is 0 Å². The number of rotatable bonds is 6. The Bertz CT molecular complexity index is 907. The van der Waals surface area contributed by atoms with Crippen LogP contribution in [0.2, 0.25) is 0 Å². The predicted octanol–water partition coefficient (Wildman–Crippen LogP) is 4.87. The molecule has 13 heteroatoms. The van der Waals surface area contributed by atoms with Crippen LogP contribution in [-0.2, 0) is 28.3 Å². The van der Waals surface area contributed by atoms with Crippen LogP contribution in [0.25, 0.3) is 0 Å². The fraction of sp³-hybridized carbons (Fsp3) is 0.312. The van der Waals surface area contributed by atoms with Crippen molar-refractivity contribution in [3.05, 3.63) is 45.7 Å². The molecule has 0 aliphatic carbocycles. The zero-order valence-corrected chi connectivity index (χ0v) is 15.3. The van der Waals surface area contributed by atoms with E-state index in [-0.39, 0.29) is 30.3 Å². The molecule has 1 heterocycles. The quantitative estimate of drug-likeness (QED) is 0.300. The molecule has 1 aromatic carbocycles. The molecule has 0 bridgehead atoms. The molecule has 1 aromatic heterocycles. The zero-order chi connectivity index (χ0) is 21.8. The summed E-state index contributed by atoms with van der Waals surface area (Å²) in [4.78, 5) is 15.3. The molecule has 0 unspecified atom stereocenters. The molecule has 158 valence electrons. The second-order valence-electron chi connectivity index (χ2n) is 5.41. The molecule has 2 aromatic rings. The molecule has 1 N–H and O–H groups in total. The van der Waals surface area contributed by atoms with Crippen molar-refractivity contribution in [3.8, 4) is 0 Å². The first-order valence-electron chi connectivity index (χ1n) is 7.78. The fourth-order valence-electron chi connectivity index (χ4n) is 2.10. The van der Waals surface area contributed by atoms with E-state index in [0.29, 0.717) is 11.9 Å². The van der Waals surface area contributed by atoms with E-state index in [0.717, 1.165) is 11.3 Å². The van der Waals surface area contributed by atoms with E-state index in [2.05, 4.69) is 15.5 Å². The Hall–Kier alpha value is -2.70. The third-order valence-electron chi connectivity index (χ3n) is 3.30. The Balaban J connectivity index is 2.22. The van der Waals surface area contributed by atoms with Crippen molar-refractivity contribution in [1.82, 2.24) is 4.98 Å². The Morgan fingerprint density at radius 2 is 1.93 bits per heavy atom. The summed E-state index contributed by atoms with van der Waals surface area (Å²) in [7, 11) is 0. The molecule has 0 radical (unpaired) electrons. The molecular formula is C16H12F7N3O2S. The first kappa shape index (κ1) is 22.6. The molecule has 0 aliphatic rings. The Morgan fingerprint density at radius 1 is 1.24 bits per heavy atom. The number of thiazole rings is 1. The molecule has 0 fully saturated rings. The molecule has 0 aliphatic heterocycles. The Kier molecular flexibility index (Phi) is 6.82. The predicted molar refractivity (Wildman–Crippen MR) is 90.1 cm³/mol. The largest absolute Gasteiger partial charge is 0.466 e. The monoisotopic (exact) mass is 443 g/mol. The van der Waals surface area contributed by atoms with Gasteiger partial charge in [0, 0.05) is 10.9 Å². The minimum atomic E-state index is -5.24.